The molecule has 2 fully saturated rings. The quantitative estimate of drug-likeness (QED) is 0.842. The van der Waals surface area contributed by atoms with Gasteiger partial charge in [-0.05, 0) is 38.3 Å². The monoisotopic (exact) mass is 275 g/mol. The van der Waals surface area contributed by atoms with E-state index in [0.717, 1.165) is 56.7 Å². The minimum absolute atomic E-state index is 0.756. The summed E-state index contributed by atoms with van der Waals surface area (Å²) in [6.45, 7) is 11.9. The number of ether oxygens (including phenoxy) is 1. The number of hydrogen-bond acceptors (Lipinski definition) is 4. The standard InChI is InChI=1S/C16H25N3O/c1-13-9-16(10-14(2)17-13)19-6-4-18(5-7-19)11-15-3-8-20-12-15/h9-10,15H,3-8,11-12H2,1-2H3/t15-/m0/s1. The van der Waals surface area contributed by atoms with Crippen molar-refractivity contribution in [1.29, 1.82) is 0 Å². The van der Waals surface area contributed by atoms with Gasteiger partial charge in [0.15, 0.2) is 0 Å². The summed E-state index contributed by atoms with van der Waals surface area (Å²) in [7, 11) is 0. The molecule has 3 rings (SSSR count). The first-order chi connectivity index (χ1) is 9.70. The average Bonchev–Trinajstić information content (AvgIpc) is 2.91. The second-order valence-electron chi connectivity index (χ2n) is 6.13. The van der Waals surface area contributed by atoms with E-state index in [0.29, 0.717) is 0 Å². The van der Waals surface area contributed by atoms with Crippen LogP contribution in [-0.4, -0.2) is 55.8 Å². The average molecular weight is 275 g/mol. The summed E-state index contributed by atoms with van der Waals surface area (Å²) in [5.74, 6) is 0.756. The molecule has 1 aromatic rings. The Kier molecular flexibility index (Phi) is 4.22. The van der Waals surface area contributed by atoms with Gasteiger partial charge in [-0.15, -0.1) is 0 Å². The van der Waals surface area contributed by atoms with Crippen LogP contribution in [-0.2, 0) is 4.74 Å². The molecule has 0 aromatic carbocycles. The number of anilines is 1. The topological polar surface area (TPSA) is 28.6 Å². The molecule has 4 heteroatoms. The number of pyridine rings is 1. The van der Waals surface area contributed by atoms with E-state index in [1.54, 1.807) is 0 Å². The summed E-state index contributed by atoms with van der Waals surface area (Å²) in [5, 5.41) is 0. The Bertz CT molecular complexity index is 429. The highest BCUT2D eigenvalue weighted by Gasteiger charge is 2.23. The van der Waals surface area contributed by atoms with Crippen molar-refractivity contribution in [2.75, 3.05) is 50.8 Å². The first-order valence-corrected chi connectivity index (χ1v) is 7.71. The maximum Gasteiger partial charge on any atom is 0.0507 e. The van der Waals surface area contributed by atoms with Crippen molar-refractivity contribution in [3.05, 3.63) is 23.5 Å². The maximum absolute atomic E-state index is 5.47. The Hall–Kier alpha value is -1.13. The summed E-state index contributed by atoms with van der Waals surface area (Å²) < 4.78 is 5.47. The predicted molar refractivity (Wildman–Crippen MR) is 81.3 cm³/mol. The van der Waals surface area contributed by atoms with Crippen LogP contribution in [0.1, 0.15) is 17.8 Å². The van der Waals surface area contributed by atoms with Gasteiger partial charge in [0.25, 0.3) is 0 Å². The second kappa shape index (κ2) is 6.10. The lowest BCUT2D eigenvalue weighted by atomic mass is 10.1. The number of rotatable bonds is 3. The largest absolute Gasteiger partial charge is 0.381 e. The van der Waals surface area contributed by atoms with Gasteiger partial charge in [0, 0.05) is 56.4 Å². The molecule has 1 aromatic heterocycles. The van der Waals surface area contributed by atoms with E-state index >= 15 is 0 Å². The summed E-state index contributed by atoms with van der Waals surface area (Å²) in [4.78, 5) is 9.54. The van der Waals surface area contributed by atoms with Crippen molar-refractivity contribution in [2.45, 2.75) is 20.3 Å². The minimum Gasteiger partial charge on any atom is -0.381 e. The smallest absolute Gasteiger partial charge is 0.0507 e. The van der Waals surface area contributed by atoms with Gasteiger partial charge >= 0.3 is 0 Å². The SMILES string of the molecule is Cc1cc(N2CCN(C[C@@H]3CCOC3)CC2)cc(C)n1. The predicted octanol–water partition coefficient (Wildman–Crippen LogP) is 1.86. The number of aryl methyl sites for hydroxylation is 2. The lowest BCUT2D eigenvalue weighted by molar-refractivity contribution is 0.164. The Morgan fingerprint density at radius 2 is 1.85 bits per heavy atom. The van der Waals surface area contributed by atoms with Crippen molar-refractivity contribution in [2.24, 2.45) is 5.92 Å². The molecule has 2 aliphatic rings. The lowest BCUT2D eigenvalue weighted by Gasteiger charge is -2.37. The molecule has 0 unspecified atom stereocenters. The number of piperazine rings is 1. The van der Waals surface area contributed by atoms with Gasteiger partial charge in [0.2, 0.25) is 0 Å². The number of aromatic nitrogens is 1. The molecule has 0 saturated carbocycles. The third-order valence-corrected chi connectivity index (χ3v) is 4.34. The van der Waals surface area contributed by atoms with E-state index in [4.69, 9.17) is 4.74 Å². The van der Waals surface area contributed by atoms with Gasteiger partial charge < -0.3 is 9.64 Å². The van der Waals surface area contributed by atoms with E-state index in [2.05, 4.69) is 40.8 Å². The number of nitrogens with zero attached hydrogens (tertiary/aromatic N) is 3. The first kappa shape index (κ1) is 13.8. The van der Waals surface area contributed by atoms with Crippen LogP contribution in [0.25, 0.3) is 0 Å². The van der Waals surface area contributed by atoms with Crippen molar-refractivity contribution in [1.82, 2.24) is 9.88 Å². The van der Waals surface area contributed by atoms with Gasteiger partial charge in [0.1, 0.15) is 0 Å². The molecule has 0 aliphatic carbocycles. The van der Waals surface area contributed by atoms with Crippen molar-refractivity contribution in [3.63, 3.8) is 0 Å². The summed E-state index contributed by atoms with van der Waals surface area (Å²) in [5.41, 5.74) is 3.56. The molecule has 2 aliphatic heterocycles. The molecule has 0 bridgehead atoms. The van der Waals surface area contributed by atoms with E-state index in [1.165, 1.54) is 18.7 Å². The highest BCUT2D eigenvalue weighted by molar-refractivity contribution is 5.48. The number of hydrogen-bond donors (Lipinski definition) is 0. The van der Waals surface area contributed by atoms with Crippen molar-refractivity contribution < 1.29 is 4.74 Å². The maximum atomic E-state index is 5.47. The first-order valence-electron chi connectivity index (χ1n) is 7.71. The summed E-state index contributed by atoms with van der Waals surface area (Å²) in [6, 6.07) is 4.40. The van der Waals surface area contributed by atoms with Crippen LogP contribution in [0.2, 0.25) is 0 Å². The molecular weight excluding hydrogens is 250 g/mol. The lowest BCUT2D eigenvalue weighted by Crippen LogP contribution is -2.48. The van der Waals surface area contributed by atoms with Gasteiger partial charge in [-0.25, -0.2) is 0 Å². The van der Waals surface area contributed by atoms with Crippen LogP contribution >= 0.6 is 0 Å². The van der Waals surface area contributed by atoms with E-state index < -0.39 is 0 Å². The summed E-state index contributed by atoms with van der Waals surface area (Å²) >= 11 is 0. The van der Waals surface area contributed by atoms with Crippen LogP contribution < -0.4 is 4.90 Å². The third-order valence-electron chi connectivity index (χ3n) is 4.34. The molecule has 110 valence electrons. The zero-order valence-electron chi connectivity index (χ0n) is 12.6. The van der Waals surface area contributed by atoms with Gasteiger partial charge in [-0.3, -0.25) is 9.88 Å². The highest BCUT2D eigenvalue weighted by atomic mass is 16.5. The summed E-state index contributed by atoms with van der Waals surface area (Å²) in [6.07, 6.45) is 1.24. The van der Waals surface area contributed by atoms with Gasteiger partial charge in [-0.1, -0.05) is 0 Å². The van der Waals surface area contributed by atoms with Crippen LogP contribution in [0.3, 0.4) is 0 Å². The molecule has 4 nitrogen and oxygen atoms in total. The van der Waals surface area contributed by atoms with Crippen LogP contribution in [0, 0.1) is 19.8 Å². The van der Waals surface area contributed by atoms with Gasteiger partial charge in [-0.2, -0.15) is 0 Å². The van der Waals surface area contributed by atoms with Crippen molar-refractivity contribution >= 4 is 5.69 Å². The zero-order chi connectivity index (χ0) is 13.9. The Balaban J connectivity index is 1.55. The second-order valence-corrected chi connectivity index (χ2v) is 6.13. The van der Waals surface area contributed by atoms with E-state index in [-0.39, 0.29) is 0 Å². The fourth-order valence-electron chi connectivity index (χ4n) is 3.28. The molecule has 20 heavy (non-hydrogen) atoms. The minimum atomic E-state index is 0.756. The third kappa shape index (κ3) is 3.30. The van der Waals surface area contributed by atoms with Crippen LogP contribution in [0.4, 0.5) is 5.69 Å². The molecule has 0 N–H and O–H groups in total. The Labute approximate surface area is 121 Å². The molecule has 0 radical (unpaired) electrons. The Morgan fingerprint density at radius 3 is 2.45 bits per heavy atom. The van der Waals surface area contributed by atoms with Crippen molar-refractivity contribution in [3.8, 4) is 0 Å². The molecule has 0 spiro atoms. The fourth-order valence-corrected chi connectivity index (χ4v) is 3.28. The van der Waals surface area contributed by atoms with Crippen LogP contribution in [0.5, 0.6) is 0 Å². The van der Waals surface area contributed by atoms with Gasteiger partial charge in [0.05, 0.1) is 6.61 Å². The van der Waals surface area contributed by atoms with Crippen LogP contribution in [0.15, 0.2) is 12.1 Å². The molecule has 3 heterocycles. The molecule has 1 atom stereocenters. The fraction of sp³-hybridized carbons (Fsp3) is 0.688. The van der Waals surface area contributed by atoms with E-state index in [9.17, 15) is 0 Å². The highest BCUT2D eigenvalue weighted by Crippen LogP contribution is 2.20. The normalized spacial score (nSPS) is 24.3. The molecule has 2 saturated heterocycles. The zero-order valence-corrected chi connectivity index (χ0v) is 12.6. The molecule has 0 amide bonds. The molecular formula is C16H25N3O. The Morgan fingerprint density at radius 1 is 1.15 bits per heavy atom. The van der Waals surface area contributed by atoms with E-state index in [1.807, 2.05) is 0 Å².